The number of ether oxygens (including phenoxy) is 2. The quantitative estimate of drug-likeness (QED) is 0.832. The van der Waals surface area contributed by atoms with E-state index in [4.69, 9.17) is 9.47 Å². The molecule has 4 nitrogen and oxygen atoms in total. The fourth-order valence-corrected chi connectivity index (χ4v) is 1.51. The first-order valence-corrected chi connectivity index (χ1v) is 4.57. The number of H-pyrrole nitrogens is 1. The molecule has 0 atom stereocenters. The first-order valence-electron chi connectivity index (χ1n) is 4.57. The van der Waals surface area contributed by atoms with Gasteiger partial charge in [-0.15, -0.1) is 0 Å². The highest BCUT2D eigenvalue weighted by Gasteiger charge is 2.11. The van der Waals surface area contributed by atoms with Gasteiger partial charge in [-0.3, -0.25) is 5.10 Å². The van der Waals surface area contributed by atoms with Crippen LogP contribution in [0.4, 0.5) is 0 Å². The van der Waals surface area contributed by atoms with Crippen molar-refractivity contribution in [1.82, 2.24) is 10.2 Å². The van der Waals surface area contributed by atoms with E-state index in [0.717, 1.165) is 22.6 Å². The summed E-state index contributed by atoms with van der Waals surface area (Å²) >= 11 is 0. The maximum atomic E-state index is 5.32. The van der Waals surface area contributed by atoms with Gasteiger partial charge in [0.1, 0.15) is 0 Å². The Morgan fingerprint density at radius 2 is 2.07 bits per heavy atom. The minimum Gasteiger partial charge on any atom is -0.493 e. The lowest BCUT2D eigenvalue weighted by atomic mass is 10.1. The summed E-state index contributed by atoms with van der Waals surface area (Å²) in [5.74, 6) is 1.44. The number of nitrogens with zero attached hydrogens (tertiary/aromatic N) is 1. The Labute approximate surface area is 87.8 Å². The summed E-state index contributed by atoms with van der Waals surface area (Å²) in [6.45, 7) is 0. The smallest absolute Gasteiger partial charge is 0.168 e. The molecule has 0 unspecified atom stereocenters. The largest absolute Gasteiger partial charge is 0.493 e. The molecule has 15 heavy (non-hydrogen) atoms. The van der Waals surface area contributed by atoms with Crippen LogP contribution in [0.2, 0.25) is 0 Å². The molecule has 0 aliphatic heterocycles. The van der Waals surface area contributed by atoms with Crippen molar-refractivity contribution in [2.75, 3.05) is 14.2 Å². The number of para-hydroxylation sites is 1. The van der Waals surface area contributed by atoms with Gasteiger partial charge in [0.25, 0.3) is 0 Å². The number of aromatic nitrogens is 2. The molecule has 0 spiro atoms. The van der Waals surface area contributed by atoms with E-state index in [1.807, 2.05) is 24.4 Å². The number of aromatic amines is 1. The van der Waals surface area contributed by atoms with Gasteiger partial charge in [0.2, 0.25) is 0 Å². The molecule has 0 amide bonds. The van der Waals surface area contributed by atoms with Crippen molar-refractivity contribution >= 4 is 0 Å². The normalized spacial score (nSPS) is 10.0. The molecule has 2 aromatic rings. The molecule has 0 saturated carbocycles. The van der Waals surface area contributed by atoms with Crippen molar-refractivity contribution < 1.29 is 9.47 Å². The zero-order chi connectivity index (χ0) is 10.7. The summed E-state index contributed by atoms with van der Waals surface area (Å²) in [5.41, 5.74) is 1.94. The van der Waals surface area contributed by atoms with Crippen LogP contribution in [-0.2, 0) is 0 Å². The molecular formula is C11H12N2O2. The van der Waals surface area contributed by atoms with Crippen molar-refractivity contribution in [2.24, 2.45) is 0 Å². The Balaban J connectivity index is 2.56. The van der Waals surface area contributed by atoms with Gasteiger partial charge in [-0.25, -0.2) is 0 Å². The topological polar surface area (TPSA) is 47.1 Å². The van der Waals surface area contributed by atoms with Crippen molar-refractivity contribution in [1.29, 1.82) is 0 Å². The lowest BCUT2D eigenvalue weighted by Gasteiger charge is -2.10. The molecule has 2 rings (SSSR count). The second-order valence-electron chi connectivity index (χ2n) is 3.03. The van der Waals surface area contributed by atoms with Gasteiger partial charge in [0, 0.05) is 17.3 Å². The fourth-order valence-electron chi connectivity index (χ4n) is 1.51. The summed E-state index contributed by atoms with van der Waals surface area (Å²) < 4.78 is 10.5. The Kier molecular flexibility index (Phi) is 2.58. The average molecular weight is 204 g/mol. The van der Waals surface area contributed by atoms with E-state index in [0.29, 0.717) is 0 Å². The van der Waals surface area contributed by atoms with Crippen LogP contribution in [0.25, 0.3) is 11.1 Å². The maximum Gasteiger partial charge on any atom is 0.168 e. The Bertz CT molecular complexity index is 438. The molecule has 1 N–H and O–H groups in total. The molecule has 78 valence electrons. The van der Waals surface area contributed by atoms with Gasteiger partial charge in [0.05, 0.1) is 20.4 Å². The minimum absolute atomic E-state index is 0.719. The van der Waals surface area contributed by atoms with E-state index in [1.54, 1.807) is 20.4 Å². The van der Waals surface area contributed by atoms with E-state index in [1.165, 1.54) is 0 Å². The number of hydrogen-bond donors (Lipinski definition) is 1. The van der Waals surface area contributed by atoms with Crippen molar-refractivity contribution in [3.8, 4) is 22.6 Å². The van der Waals surface area contributed by atoms with Gasteiger partial charge >= 0.3 is 0 Å². The summed E-state index contributed by atoms with van der Waals surface area (Å²) in [4.78, 5) is 0. The number of methoxy groups -OCH3 is 2. The van der Waals surface area contributed by atoms with Crippen LogP contribution in [0.15, 0.2) is 30.6 Å². The molecular weight excluding hydrogens is 192 g/mol. The highest BCUT2D eigenvalue weighted by atomic mass is 16.5. The Morgan fingerprint density at radius 3 is 2.67 bits per heavy atom. The Morgan fingerprint density at radius 1 is 1.20 bits per heavy atom. The third-order valence-corrected chi connectivity index (χ3v) is 2.21. The molecule has 0 radical (unpaired) electrons. The van der Waals surface area contributed by atoms with Crippen LogP contribution >= 0.6 is 0 Å². The number of hydrogen-bond acceptors (Lipinski definition) is 3. The Hall–Kier alpha value is -1.97. The third kappa shape index (κ3) is 1.66. The molecule has 0 bridgehead atoms. The first kappa shape index (κ1) is 9.58. The van der Waals surface area contributed by atoms with Gasteiger partial charge in [-0.05, 0) is 6.07 Å². The molecule has 0 saturated heterocycles. The van der Waals surface area contributed by atoms with Crippen LogP contribution in [0.3, 0.4) is 0 Å². The highest BCUT2D eigenvalue weighted by Crippen LogP contribution is 2.37. The molecule has 1 heterocycles. The third-order valence-electron chi connectivity index (χ3n) is 2.21. The van der Waals surface area contributed by atoms with Gasteiger partial charge in [0.15, 0.2) is 11.5 Å². The van der Waals surface area contributed by atoms with Crippen LogP contribution in [0, 0.1) is 0 Å². The summed E-state index contributed by atoms with van der Waals surface area (Å²) in [6, 6.07) is 5.75. The standard InChI is InChI=1S/C11H12N2O2/c1-14-10-5-3-4-9(11(10)15-2)8-6-12-13-7-8/h3-7H,1-2H3,(H,12,13). The average Bonchev–Trinajstić information content (AvgIpc) is 2.81. The second kappa shape index (κ2) is 4.04. The van der Waals surface area contributed by atoms with Crippen LogP contribution in [0.1, 0.15) is 0 Å². The predicted octanol–water partition coefficient (Wildman–Crippen LogP) is 2.09. The van der Waals surface area contributed by atoms with Crippen molar-refractivity contribution in [2.45, 2.75) is 0 Å². The van der Waals surface area contributed by atoms with Crippen LogP contribution in [0.5, 0.6) is 11.5 Å². The molecule has 1 aromatic carbocycles. The zero-order valence-corrected chi connectivity index (χ0v) is 8.65. The summed E-state index contributed by atoms with van der Waals surface area (Å²) in [6.07, 6.45) is 3.56. The second-order valence-corrected chi connectivity index (χ2v) is 3.03. The van der Waals surface area contributed by atoms with Gasteiger partial charge in [-0.2, -0.15) is 5.10 Å². The minimum atomic E-state index is 0.719. The van der Waals surface area contributed by atoms with Gasteiger partial charge < -0.3 is 9.47 Å². The molecule has 4 heteroatoms. The van der Waals surface area contributed by atoms with E-state index < -0.39 is 0 Å². The first-order chi connectivity index (χ1) is 7.36. The van der Waals surface area contributed by atoms with Crippen molar-refractivity contribution in [3.63, 3.8) is 0 Å². The van der Waals surface area contributed by atoms with E-state index in [9.17, 15) is 0 Å². The molecule has 1 aromatic heterocycles. The molecule has 0 fully saturated rings. The van der Waals surface area contributed by atoms with E-state index in [2.05, 4.69) is 10.2 Å². The lowest BCUT2D eigenvalue weighted by Crippen LogP contribution is -1.92. The fraction of sp³-hybridized carbons (Fsp3) is 0.182. The summed E-state index contributed by atoms with van der Waals surface area (Å²) in [5, 5.41) is 6.68. The van der Waals surface area contributed by atoms with E-state index >= 15 is 0 Å². The SMILES string of the molecule is COc1cccc(-c2cn[nH]c2)c1OC. The van der Waals surface area contributed by atoms with E-state index in [-0.39, 0.29) is 0 Å². The number of benzene rings is 1. The zero-order valence-electron chi connectivity index (χ0n) is 8.65. The predicted molar refractivity (Wildman–Crippen MR) is 57.1 cm³/mol. The molecule has 0 aliphatic carbocycles. The summed E-state index contributed by atoms with van der Waals surface area (Å²) in [7, 11) is 3.25. The van der Waals surface area contributed by atoms with Gasteiger partial charge in [-0.1, -0.05) is 12.1 Å². The maximum absolute atomic E-state index is 5.32. The highest BCUT2D eigenvalue weighted by molar-refractivity contribution is 5.72. The van der Waals surface area contributed by atoms with Crippen LogP contribution < -0.4 is 9.47 Å². The monoisotopic (exact) mass is 204 g/mol. The molecule has 0 aliphatic rings. The van der Waals surface area contributed by atoms with Crippen LogP contribution in [-0.4, -0.2) is 24.4 Å². The number of nitrogens with one attached hydrogen (secondary N) is 1. The van der Waals surface area contributed by atoms with Crippen molar-refractivity contribution in [3.05, 3.63) is 30.6 Å². The number of rotatable bonds is 3. The lowest BCUT2D eigenvalue weighted by molar-refractivity contribution is 0.356.